The highest BCUT2D eigenvalue weighted by molar-refractivity contribution is 6.09. The lowest BCUT2D eigenvalue weighted by atomic mass is 9.86. The van der Waals surface area contributed by atoms with Gasteiger partial charge in [0.2, 0.25) is 0 Å². The van der Waals surface area contributed by atoms with Crippen molar-refractivity contribution in [3.8, 4) is 6.07 Å². The van der Waals surface area contributed by atoms with Gasteiger partial charge in [-0.2, -0.15) is 5.26 Å². The molecule has 134 valence electrons. The number of aromatic nitrogens is 1. The summed E-state index contributed by atoms with van der Waals surface area (Å²) in [5, 5.41) is 20.1. The average Bonchev–Trinajstić information content (AvgIpc) is 3.57. The monoisotopic (exact) mass is 349 g/mol. The van der Waals surface area contributed by atoms with E-state index in [1.807, 2.05) is 6.07 Å². The fourth-order valence-electron chi connectivity index (χ4n) is 4.53. The summed E-state index contributed by atoms with van der Waals surface area (Å²) in [7, 11) is 0. The van der Waals surface area contributed by atoms with Gasteiger partial charge < -0.3 is 10.0 Å². The molecule has 5 rings (SSSR count). The summed E-state index contributed by atoms with van der Waals surface area (Å²) >= 11 is 0. The predicted molar refractivity (Wildman–Crippen MR) is 95.6 cm³/mol. The van der Waals surface area contributed by atoms with Crippen molar-refractivity contribution in [1.29, 1.82) is 5.26 Å². The molecule has 2 saturated carbocycles. The smallest absolute Gasteiger partial charge is 0.179 e. The number of nitriles is 1. The molecule has 0 amide bonds. The Morgan fingerprint density at radius 1 is 1.27 bits per heavy atom. The summed E-state index contributed by atoms with van der Waals surface area (Å²) in [6.45, 7) is 1.80. The van der Waals surface area contributed by atoms with Gasteiger partial charge >= 0.3 is 0 Å². The highest BCUT2D eigenvalue weighted by Gasteiger charge is 2.45. The van der Waals surface area contributed by atoms with Gasteiger partial charge in [-0.25, -0.2) is 0 Å². The molecule has 1 saturated heterocycles. The normalized spacial score (nSPS) is 25.1. The summed E-state index contributed by atoms with van der Waals surface area (Å²) < 4.78 is 0. The molecule has 3 aliphatic carbocycles. The molecule has 1 atom stereocenters. The molecule has 4 aliphatic rings. The molecule has 1 N–H and O–H groups in total. The second-order valence-corrected chi connectivity index (χ2v) is 8.47. The molecule has 0 radical (unpaired) electrons. The summed E-state index contributed by atoms with van der Waals surface area (Å²) in [6.07, 6.45) is 8.42. The van der Waals surface area contributed by atoms with Crippen LogP contribution in [0.2, 0.25) is 0 Å². The lowest BCUT2D eigenvalue weighted by molar-refractivity contribution is -0.114. The van der Waals surface area contributed by atoms with Crippen LogP contribution in [0.25, 0.3) is 5.70 Å². The molecule has 0 aromatic carbocycles. The Bertz CT molecular complexity index is 848. The summed E-state index contributed by atoms with van der Waals surface area (Å²) in [5.74, 6) is 0.192. The Kier molecular flexibility index (Phi) is 3.48. The minimum Gasteiger partial charge on any atom is -0.387 e. The van der Waals surface area contributed by atoms with E-state index in [1.54, 1.807) is 6.20 Å². The van der Waals surface area contributed by atoms with Crippen LogP contribution in [0.5, 0.6) is 0 Å². The zero-order valence-electron chi connectivity index (χ0n) is 14.9. The van der Waals surface area contributed by atoms with Crippen molar-refractivity contribution in [2.45, 2.75) is 51.0 Å². The fraction of sp³-hybridized carbons (Fsp3) is 0.571. The number of rotatable bonds is 3. The maximum atomic E-state index is 12.5. The van der Waals surface area contributed by atoms with Crippen LogP contribution in [0, 0.1) is 22.7 Å². The molecule has 1 aromatic rings. The second-order valence-electron chi connectivity index (χ2n) is 8.47. The fourth-order valence-corrected chi connectivity index (χ4v) is 4.53. The number of Topliss-reactive ketones (excluding diaryl/α,β-unsaturated/α-hetero) is 1. The minimum atomic E-state index is -0.541. The molecular weight excluding hydrogens is 326 g/mol. The third-order valence-electron chi connectivity index (χ3n) is 6.71. The first-order valence-corrected chi connectivity index (χ1v) is 9.70. The van der Waals surface area contributed by atoms with Crippen LogP contribution in [0.1, 0.15) is 61.4 Å². The molecule has 1 aliphatic heterocycles. The number of hydrogen-bond acceptors (Lipinski definition) is 5. The molecule has 3 fully saturated rings. The van der Waals surface area contributed by atoms with Crippen LogP contribution < -0.4 is 0 Å². The quantitative estimate of drug-likeness (QED) is 0.908. The number of aliphatic hydroxyl groups excluding tert-OH is 1. The average molecular weight is 349 g/mol. The van der Waals surface area contributed by atoms with Gasteiger partial charge in [0.25, 0.3) is 0 Å². The van der Waals surface area contributed by atoms with Crippen molar-refractivity contribution >= 4 is 11.5 Å². The van der Waals surface area contributed by atoms with Crippen LogP contribution in [0.4, 0.5) is 0 Å². The number of fused-ring (bicyclic) bond motifs is 1. The SMILES string of the molecule is N#CC1=C(N2CCC3(CC2)CC3)c2cc([C@@H](O)C3CC3)ncc2CC1=O. The Hall–Kier alpha value is -2.19. The number of carbonyl (C=O) groups excluding carboxylic acids is 1. The van der Waals surface area contributed by atoms with Crippen molar-refractivity contribution in [1.82, 2.24) is 9.88 Å². The topological polar surface area (TPSA) is 77.2 Å². The third-order valence-corrected chi connectivity index (χ3v) is 6.71. The highest BCUT2D eigenvalue weighted by Crippen LogP contribution is 2.54. The first-order valence-electron chi connectivity index (χ1n) is 9.70. The summed E-state index contributed by atoms with van der Waals surface area (Å²) in [5.41, 5.74) is 4.08. The van der Waals surface area contributed by atoms with E-state index < -0.39 is 6.10 Å². The maximum absolute atomic E-state index is 12.5. The number of piperidine rings is 1. The van der Waals surface area contributed by atoms with E-state index in [-0.39, 0.29) is 17.8 Å². The van der Waals surface area contributed by atoms with E-state index in [4.69, 9.17) is 0 Å². The van der Waals surface area contributed by atoms with Gasteiger partial charge in [-0.3, -0.25) is 9.78 Å². The number of aliphatic hydroxyl groups is 1. The summed E-state index contributed by atoms with van der Waals surface area (Å²) in [6, 6.07) is 4.10. The third kappa shape index (κ3) is 2.55. The molecule has 0 bridgehead atoms. The second kappa shape index (κ2) is 5.65. The van der Waals surface area contributed by atoms with Crippen molar-refractivity contribution in [3.63, 3.8) is 0 Å². The molecule has 2 heterocycles. The first kappa shape index (κ1) is 16.0. The Morgan fingerprint density at radius 2 is 2.00 bits per heavy atom. The number of ketones is 1. The maximum Gasteiger partial charge on any atom is 0.179 e. The Morgan fingerprint density at radius 3 is 2.62 bits per heavy atom. The number of pyridine rings is 1. The van der Waals surface area contributed by atoms with Gasteiger partial charge in [0.15, 0.2) is 5.78 Å². The van der Waals surface area contributed by atoms with Gasteiger partial charge in [0.05, 0.1) is 17.5 Å². The van der Waals surface area contributed by atoms with Crippen LogP contribution >= 0.6 is 0 Å². The standard InChI is InChI=1S/C21H23N3O2/c22-11-16-18(25)9-14-12-23-17(20(26)13-1-2-13)10-15(14)19(16)24-7-5-21(3-4-21)6-8-24/h10,12-13,20,26H,1-9H2/t20-/m0/s1. The minimum absolute atomic E-state index is 0.112. The number of allylic oxidation sites excluding steroid dienone is 1. The zero-order chi connectivity index (χ0) is 17.9. The number of carbonyl (C=O) groups is 1. The number of likely N-dealkylation sites (tertiary alicyclic amines) is 1. The van der Waals surface area contributed by atoms with Crippen LogP contribution in [0.15, 0.2) is 17.8 Å². The number of nitrogens with zero attached hydrogens (tertiary/aromatic N) is 3. The van der Waals surface area contributed by atoms with E-state index in [0.29, 0.717) is 17.0 Å². The van der Waals surface area contributed by atoms with E-state index >= 15 is 0 Å². The van der Waals surface area contributed by atoms with Crippen molar-refractivity contribution in [3.05, 3.63) is 34.7 Å². The van der Waals surface area contributed by atoms with Crippen molar-refractivity contribution < 1.29 is 9.90 Å². The molecule has 0 unspecified atom stereocenters. The molecular formula is C21H23N3O2. The van der Waals surface area contributed by atoms with E-state index in [0.717, 1.165) is 55.6 Å². The van der Waals surface area contributed by atoms with Crippen LogP contribution in [0.3, 0.4) is 0 Å². The highest BCUT2D eigenvalue weighted by atomic mass is 16.3. The van der Waals surface area contributed by atoms with Crippen molar-refractivity contribution in [2.24, 2.45) is 11.3 Å². The van der Waals surface area contributed by atoms with Gasteiger partial charge in [0, 0.05) is 31.3 Å². The lowest BCUT2D eigenvalue weighted by Gasteiger charge is -2.37. The Labute approximate surface area is 153 Å². The molecule has 1 aromatic heterocycles. The van der Waals surface area contributed by atoms with Crippen molar-refractivity contribution in [2.75, 3.05) is 13.1 Å². The van der Waals surface area contributed by atoms with Gasteiger partial charge in [0.1, 0.15) is 11.6 Å². The van der Waals surface area contributed by atoms with E-state index in [1.165, 1.54) is 12.8 Å². The predicted octanol–water partition coefficient (Wildman–Crippen LogP) is 2.76. The Balaban J connectivity index is 1.55. The van der Waals surface area contributed by atoms with E-state index in [9.17, 15) is 15.2 Å². The van der Waals surface area contributed by atoms with Crippen LogP contribution in [-0.4, -0.2) is 33.9 Å². The zero-order valence-corrected chi connectivity index (χ0v) is 14.9. The van der Waals surface area contributed by atoms with Crippen LogP contribution in [-0.2, 0) is 11.2 Å². The molecule has 26 heavy (non-hydrogen) atoms. The van der Waals surface area contributed by atoms with E-state index in [2.05, 4.69) is 16.0 Å². The molecule has 5 heteroatoms. The first-order chi connectivity index (χ1) is 12.6. The number of hydrogen-bond donors (Lipinski definition) is 1. The lowest BCUT2D eigenvalue weighted by Crippen LogP contribution is -2.36. The van der Waals surface area contributed by atoms with Gasteiger partial charge in [-0.05, 0) is 61.5 Å². The van der Waals surface area contributed by atoms with Gasteiger partial charge in [-0.15, -0.1) is 0 Å². The molecule has 1 spiro atoms. The molecule has 5 nitrogen and oxygen atoms in total. The largest absolute Gasteiger partial charge is 0.387 e. The summed E-state index contributed by atoms with van der Waals surface area (Å²) in [4.78, 5) is 19.2. The van der Waals surface area contributed by atoms with Gasteiger partial charge in [-0.1, -0.05) is 0 Å².